The minimum absolute atomic E-state index is 0.402. The summed E-state index contributed by atoms with van der Waals surface area (Å²) in [6, 6.07) is 6.13. The number of nitrogens with one attached hydrogen (secondary N) is 1. The van der Waals surface area contributed by atoms with Crippen LogP contribution in [0.2, 0.25) is 0 Å². The Bertz CT molecular complexity index is 377. The van der Waals surface area contributed by atoms with E-state index in [2.05, 4.69) is 23.3 Å². The van der Waals surface area contributed by atoms with Crippen LogP contribution >= 0.6 is 0 Å². The van der Waals surface area contributed by atoms with Crippen LogP contribution in [0.25, 0.3) is 0 Å². The van der Waals surface area contributed by atoms with Crippen molar-refractivity contribution < 1.29 is 0 Å². The van der Waals surface area contributed by atoms with E-state index in [9.17, 15) is 0 Å². The molecular formula is C12H15N3. The summed E-state index contributed by atoms with van der Waals surface area (Å²) >= 11 is 0. The van der Waals surface area contributed by atoms with Crippen molar-refractivity contribution in [3.05, 3.63) is 23.9 Å². The normalized spacial score (nSPS) is 16.8. The molecule has 1 heterocycles. The van der Waals surface area contributed by atoms with Crippen LogP contribution < -0.4 is 5.32 Å². The first-order chi connectivity index (χ1) is 7.29. The zero-order valence-electron chi connectivity index (χ0n) is 8.90. The minimum atomic E-state index is 0.402. The maximum atomic E-state index is 8.90. The van der Waals surface area contributed by atoms with Gasteiger partial charge in [0.25, 0.3) is 0 Å². The highest BCUT2D eigenvalue weighted by atomic mass is 15.0. The second kappa shape index (κ2) is 4.31. The Morgan fingerprint density at radius 3 is 3.13 bits per heavy atom. The van der Waals surface area contributed by atoms with E-state index in [1.165, 1.54) is 19.3 Å². The summed E-state index contributed by atoms with van der Waals surface area (Å²) < 4.78 is 0. The first-order valence-corrected chi connectivity index (χ1v) is 5.41. The summed E-state index contributed by atoms with van der Waals surface area (Å²) in [5.74, 6) is 1.61. The van der Waals surface area contributed by atoms with Crippen molar-refractivity contribution in [1.29, 1.82) is 5.26 Å². The highest BCUT2D eigenvalue weighted by Gasteiger charge is 2.23. The van der Waals surface area contributed by atoms with E-state index < -0.39 is 0 Å². The summed E-state index contributed by atoms with van der Waals surface area (Å²) in [5, 5.41) is 12.2. The Morgan fingerprint density at radius 1 is 1.67 bits per heavy atom. The smallest absolute Gasteiger partial charge is 0.144 e. The van der Waals surface area contributed by atoms with Gasteiger partial charge in [-0.15, -0.1) is 0 Å². The molecule has 3 heteroatoms. The molecule has 0 aliphatic heterocycles. The molecular weight excluding hydrogens is 186 g/mol. The highest BCUT2D eigenvalue weighted by Crippen LogP contribution is 2.34. The van der Waals surface area contributed by atoms with Crippen LogP contribution in [-0.2, 0) is 0 Å². The van der Waals surface area contributed by atoms with Crippen LogP contribution in [-0.4, -0.2) is 11.0 Å². The fourth-order valence-corrected chi connectivity index (χ4v) is 1.76. The van der Waals surface area contributed by atoms with Crippen LogP contribution in [0.4, 0.5) is 5.82 Å². The standard InChI is InChI=1S/C12H15N3/c1-9(7-10-4-5-10)15-12-11(8-13)3-2-6-14-12/h2-3,6,9-10H,4-5,7H2,1H3,(H,14,15). The summed E-state index contributed by atoms with van der Waals surface area (Å²) in [6.45, 7) is 2.15. The summed E-state index contributed by atoms with van der Waals surface area (Å²) in [5.41, 5.74) is 0.625. The quantitative estimate of drug-likeness (QED) is 0.814. The third-order valence-electron chi connectivity index (χ3n) is 2.70. The molecule has 1 aromatic heterocycles. The lowest BCUT2D eigenvalue weighted by Gasteiger charge is -2.14. The van der Waals surface area contributed by atoms with Crippen LogP contribution in [0.3, 0.4) is 0 Å². The molecule has 0 saturated heterocycles. The number of hydrogen-bond acceptors (Lipinski definition) is 3. The lowest BCUT2D eigenvalue weighted by Crippen LogP contribution is -2.17. The van der Waals surface area contributed by atoms with E-state index in [0.29, 0.717) is 17.4 Å². The molecule has 1 N–H and O–H groups in total. The Hall–Kier alpha value is -1.56. The predicted octanol–water partition coefficient (Wildman–Crippen LogP) is 2.55. The number of nitriles is 1. The van der Waals surface area contributed by atoms with Gasteiger partial charge in [-0.2, -0.15) is 5.26 Å². The highest BCUT2D eigenvalue weighted by molar-refractivity contribution is 5.51. The molecule has 0 aromatic carbocycles. The SMILES string of the molecule is CC(CC1CC1)Nc1ncccc1C#N. The second-order valence-electron chi connectivity index (χ2n) is 4.24. The number of rotatable bonds is 4. The number of anilines is 1. The molecule has 0 amide bonds. The molecule has 1 aliphatic carbocycles. The van der Waals surface area contributed by atoms with E-state index in [-0.39, 0.29) is 0 Å². The van der Waals surface area contributed by atoms with Gasteiger partial charge in [-0.3, -0.25) is 0 Å². The summed E-state index contributed by atoms with van der Waals surface area (Å²) in [4.78, 5) is 4.18. The van der Waals surface area contributed by atoms with E-state index in [4.69, 9.17) is 5.26 Å². The van der Waals surface area contributed by atoms with Crippen molar-refractivity contribution in [2.75, 3.05) is 5.32 Å². The maximum absolute atomic E-state index is 8.90. The van der Waals surface area contributed by atoms with E-state index in [1.54, 1.807) is 18.3 Å². The number of nitrogens with zero attached hydrogens (tertiary/aromatic N) is 2. The molecule has 0 spiro atoms. The number of aromatic nitrogens is 1. The van der Waals surface area contributed by atoms with Gasteiger partial charge in [-0.1, -0.05) is 12.8 Å². The van der Waals surface area contributed by atoms with Crippen molar-refractivity contribution in [2.45, 2.75) is 32.2 Å². The molecule has 78 valence electrons. The van der Waals surface area contributed by atoms with Crippen molar-refractivity contribution >= 4 is 5.82 Å². The topological polar surface area (TPSA) is 48.7 Å². The van der Waals surface area contributed by atoms with Gasteiger partial charge < -0.3 is 5.32 Å². The zero-order valence-corrected chi connectivity index (χ0v) is 8.90. The van der Waals surface area contributed by atoms with Gasteiger partial charge in [0, 0.05) is 12.2 Å². The van der Waals surface area contributed by atoms with Gasteiger partial charge in [0.1, 0.15) is 11.9 Å². The van der Waals surface area contributed by atoms with Crippen molar-refractivity contribution in [1.82, 2.24) is 4.98 Å². The fraction of sp³-hybridized carbons (Fsp3) is 0.500. The lowest BCUT2D eigenvalue weighted by molar-refractivity contribution is 0.640. The van der Waals surface area contributed by atoms with Gasteiger partial charge in [-0.25, -0.2) is 4.98 Å². The summed E-state index contributed by atoms with van der Waals surface area (Å²) in [7, 11) is 0. The Kier molecular flexibility index (Phi) is 2.86. The Morgan fingerprint density at radius 2 is 2.47 bits per heavy atom. The first-order valence-electron chi connectivity index (χ1n) is 5.41. The minimum Gasteiger partial charge on any atom is -0.367 e. The molecule has 0 bridgehead atoms. The van der Waals surface area contributed by atoms with Crippen molar-refractivity contribution in [3.63, 3.8) is 0 Å². The Labute approximate surface area is 90.1 Å². The molecule has 1 unspecified atom stereocenters. The second-order valence-corrected chi connectivity index (χ2v) is 4.24. The van der Waals surface area contributed by atoms with Crippen LogP contribution in [0.5, 0.6) is 0 Å². The first kappa shape index (κ1) is 9.97. The number of pyridine rings is 1. The van der Waals surface area contributed by atoms with Crippen LogP contribution in [0, 0.1) is 17.2 Å². The van der Waals surface area contributed by atoms with Crippen LogP contribution in [0.1, 0.15) is 31.7 Å². The zero-order chi connectivity index (χ0) is 10.7. The predicted molar refractivity (Wildman–Crippen MR) is 59.4 cm³/mol. The van der Waals surface area contributed by atoms with Gasteiger partial charge in [0.2, 0.25) is 0 Å². The molecule has 1 aromatic rings. The molecule has 0 radical (unpaired) electrons. The van der Waals surface area contributed by atoms with Crippen molar-refractivity contribution in [3.8, 4) is 6.07 Å². The molecule has 1 saturated carbocycles. The average Bonchev–Trinajstić information content (AvgIpc) is 3.02. The van der Waals surface area contributed by atoms with E-state index in [1.807, 2.05) is 0 Å². The van der Waals surface area contributed by atoms with Crippen LogP contribution in [0.15, 0.2) is 18.3 Å². The average molecular weight is 201 g/mol. The Balaban J connectivity index is 1.99. The van der Waals surface area contributed by atoms with Crippen molar-refractivity contribution in [2.24, 2.45) is 5.92 Å². The maximum Gasteiger partial charge on any atom is 0.144 e. The third kappa shape index (κ3) is 2.69. The van der Waals surface area contributed by atoms with Gasteiger partial charge in [0.15, 0.2) is 0 Å². The lowest BCUT2D eigenvalue weighted by atomic mass is 10.1. The van der Waals surface area contributed by atoms with Gasteiger partial charge >= 0.3 is 0 Å². The number of hydrogen-bond donors (Lipinski definition) is 1. The van der Waals surface area contributed by atoms with E-state index >= 15 is 0 Å². The molecule has 3 nitrogen and oxygen atoms in total. The third-order valence-corrected chi connectivity index (χ3v) is 2.70. The molecule has 1 fully saturated rings. The van der Waals surface area contributed by atoms with Gasteiger partial charge in [-0.05, 0) is 31.4 Å². The summed E-state index contributed by atoms with van der Waals surface area (Å²) in [6.07, 6.45) is 5.62. The fourth-order valence-electron chi connectivity index (χ4n) is 1.76. The monoisotopic (exact) mass is 201 g/mol. The molecule has 15 heavy (non-hydrogen) atoms. The largest absolute Gasteiger partial charge is 0.367 e. The molecule has 1 aliphatic rings. The molecule has 1 atom stereocenters. The van der Waals surface area contributed by atoms with Gasteiger partial charge in [0.05, 0.1) is 5.56 Å². The van der Waals surface area contributed by atoms with E-state index in [0.717, 1.165) is 5.92 Å². The molecule has 2 rings (SSSR count).